The number of benzene rings is 2. The molecule has 0 aliphatic carbocycles. The minimum absolute atomic E-state index is 0.144. The molecule has 0 aromatic heterocycles. The van der Waals surface area contributed by atoms with Gasteiger partial charge in [-0.3, -0.25) is 0 Å². The summed E-state index contributed by atoms with van der Waals surface area (Å²) in [4.78, 5) is 15.0. The van der Waals surface area contributed by atoms with Crippen LogP contribution in [0.25, 0.3) is 0 Å². The third-order valence-corrected chi connectivity index (χ3v) is 6.96. The zero-order valence-electron chi connectivity index (χ0n) is 18.7. The molecule has 5 nitrogen and oxygen atoms in total. The van der Waals surface area contributed by atoms with E-state index in [1.54, 1.807) is 12.1 Å². The van der Waals surface area contributed by atoms with E-state index < -0.39 is 0 Å². The fraction of sp³-hybridized carbons (Fsp3) is 0.500. The third-order valence-electron chi connectivity index (χ3n) is 6.96. The lowest BCUT2D eigenvalue weighted by atomic mass is 9.74. The second kappa shape index (κ2) is 10.9. The molecule has 6 heteroatoms. The van der Waals surface area contributed by atoms with Crippen LogP contribution >= 0.6 is 0 Å². The molecular formula is C26H34FN3O2. The smallest absolute Gasteiger partial charge is 0.314 e. The monoisotopic (exact) mass is 439 g/mol. The summed E-state index contributed by atoms with van der Waals surface area (Å²) in [5.41, 5.74) is 2.03. The summed E-state index contributed by atoms with van der Waals surface area (Å²) in [6.07, 6.45) is 3.72. The molecule has 1 atom stereocenters. The quantitative estimate of drug-likeness (QED) is 0.659. The summed E-state index contributed by atoms with van der Waals surface area (Å²) in [6.45, 7) is 5.59. The molecule has 1 unspecified atom stereocenters. The van der Waals surface area contributed by atoms with Crippen LogP contribution in [0.15, 0.2) is 54.6 Å². The Labute approximate surface area is 190 Å². The van der Waals surface area contributed by atoms with Crippen LogP contribution in [-0.4, -0.2) is 56.9 Å². The lowest BCUT2D eigenvalue weighted by molar-refractivity contribution is 0.0506. The predicted octanol–water partition coefficient (Wildman–Crippen LogP) is 3.74. The van der Waals surface area contributed by atoms with Crippen LogP contribution in [0.4, 0.5) is 9.18 Å². The maximum Gasteiger partial charge on any atom is 0.314 e. The first-order valence-corrected chi connectivity index (χ1v) is 11.7. The average molecular weight is 440 g/mol. The van der Waals surface area contributed by atoms with E-state index in [1.807, 2.05) is 12.1 Å². The van der Waals surface area contributed by atoms with Gasteiger partial charge in [-0.15, -0.1) is 0 Å². The number of carbonyl (C=O) groups excluding carboxylic acids is 1. The summed E-state index contributed by atoms with van der Waals surface area (Å²) >= 11 is 0. The number of urea groups is 1. The van der Waals surface area contributed by atoms with E-state index in [1.165, 1.54) is 11.6 Å². The number of amides is 2. The Morgan fingerprint density at radius 3 is 2.69 bits per heavy atom. The molecule has 2 aliphatic heterocycles. The van der Waals surface area contributed by atoms with Gasteiger partial charge in [0.15, 0.2) is 0 Å². The van der Waals surface area contributed by atoms with Crippen LogP contribution in [0, 0.1) is 11.7 Å². The van der Waals surface area contributed by atoms with Gasteiger partial charge in [0.05, 0.1) is 0 Å². The van der Waals surface area contributed by atoms with E-state index in [9.17, 15) is 9.18 Å². The Morgan fingerprint density at radius 2 is 1.91 bits per heavy atom. The number of rotatable bonds is 8. The molecule has 172 valence electrons. The molecule has 0 radical (unpaired) electrons. The standard InChI is InChI=1S/C26H34FN3O2/c27-24-8-4-7-23(17-24)26(11-15-32-16-12-26)20-29-25(31)28-18-22-10-14-30(19-22)13-9-21-5-2-1-3-6-21/h1-8,17,22H,9-16,18-20H2,(H2,28,29,31). The molecule has 2 amide bonds. The van der Waals surface area contributed by atoms with Crippen molar-refractivity contribution in [2.24, 2.45) is 5.92 Å². The largest absolute Gasteiger partial charge is 0.381 e. The number of likely N-dealkylation sites (tertiary alicyclic amines) is 1. The molecule has 2 aromatic rings. The van der Waals surface area contributed by atoms with E-state index in [4.69, 9.17) is 4.74 Å². The number of ether oxygens (including phenoxy) is 1. The molecule has 2 saturated heterocycles. The van der Waals surface area contributed by atoms with Crippen molar-refractivity contribution >= 4 is 6.03 Å². The first-order valence-electron chi connectivity index (χ1n) is 11.7. The summed E-state index contributed by atoms with van der Waals surface area (Å²) < 4.78 is 19.4. The zero-order chi connectivity index (χ0) is 22.2. The van der Waals surface area contributed by atoms with Gasteiger partial charge in [0.25, 0.3) is 0 Å². The molecule has 2 heterocycles. The number of hydrogen-bond donors (Lipinski definition) is 2. The molecular weight excluding hydrogens is 405 g/mol. The van der Waals surface area contributed by atoms with E-state index >= 15 is 0 Å². The van der Waals surface area contributed by atoms with Gasteiger partial charge in [-0.1, -0.05) is 42.5 Å². The lowest BCUT2D eigenvalue weighted by Crippen LogP contribution is -2.48. The second-order valence-electron chi connectivity index (χ2n) is 9.16. The molecule has 2 fully saturated rings. The summed E-state index contributed by atoms with van der Waals surface area (Å²) in [6, 6.07) is 17.2. The van der Waals surface area contributed by atoms with Crippen molar-refractivity contribution < 1.29 is 13.9 Å². The van der Waals surface area contributed by atoms with Gasteiger partial charge in [-0.05, 0) is 61.4 Å². The number of carbonyl (C=O) groups is 1. The maximum atomic E-state index is 13.8. The molecule has 0 bridgehead atoms. The number of nitrogens with one attached hydrogen (secondary N) is 2. The Kier molecular flexibility index (Phi) is 7.76. The Bertz CT molecular complexity index is 870. The molecule has 0 saturated carbocycles. The predicted molar refractivity (Wildman–Crippen MR) is 124 cm³/mol. The third kappa shape index (κ3) is 6.08. The number of nitrogens with zero attached hydrogens (tertiary/aromatic N) is 1. The number of halogens is 1. The van der Waals surface area contributed by atoms with Gasteiger partial charge in [0.1, 0.15) is 5.82 Å². The average Bonchev–Trinajstić information content (AvgIpc) is 3.29. The first-order chi connectivity index (χ1) is 15.6. The topological polar surface area (TPSA) is 53.6 Å². The van der Waals surface area contributed by atoms with Crippen LogP contribution in [-0.2, 0) is 16.6 Å². The van der Waals surface area contributed by atoms with Gasteiger partial charge >= 0.3 is 6.03 Å². The molecule has 2 N–H and O–H groups in total. The van der Waals surface area contributed by atoms with Crippen molar-refractivity contribution in [1.82, 2.24) is 15.5 Å². The zero-order valence-corrected chi connectivity index (χ0v) is 18.7. The van der Waals surface area contributed by atoms with Crippen molar-refractivity contribution in [2.45, 2.75) is 31.1 Å². The maximum absolute atomic E-state index is 13.8. The second-order valence-corrected chi connectivity index (χ2v) is 9.16. The van der Waals surface area contributed by atoms with Crippen LogP contribution in [0.3, 0.4) is 0 Å². The van der Waals surface area contributed by atoms with Crippen LogP contribution in [0.1, 0.15) is 30.4 Å². The van der Waals surface area contributed by atoms with Gasteiger partial charge in [-0.25, -0.2) is 9.18 Å². The van der Waals surface area contributed by atoms with Crippen molar-refractivity contribution in [1.29, 1.82) is 0 Å². The van der Waals surface area contributed by atoms with Crippen LogP contribution in [0.2, 0.25) is 0 Å². The minimum Gasteiger partial charge on any atom is -0.381 e. The van der Waals surface area contributed by atoms with Crippen molar-refractivity contribution in [3.8, 4) is 0 Å². The van der Waals surface area contributed by atoms with Gasteiger partial charge < -0.3 is 20.3 Å². The van der Waals surface area contributed by atoms with E-state index in [0.717, 1.165) is 50.9 Å². The van der Waals surface area contributed by atoms with Gasteiger partial charge in [-0.2, -0.15) is 0 Å². The summed E-state index contributed by atoms with van der Waals surface area (Å²) in [7, 11) is 0. The van der Waals surface area contributed by atoms with Crippen molar-refractivity contribution in [3.63, 3.8) is 0 Å². The Balaban J connectivity index is 1.21. The molecule has 32 heavy (non-hydrogen) atoms. The number of hydrogen-bond acceptors (Lipinski definition) is 3. The van der Waals surface area contributed by atoms with E-state index in [2.05, 4.69) is 39.8 Å². The highest BCUT2D eigenvalue weighted by Gasteiger charge is 2.35. The highest BCUT2D eigenvalue weighted by molar-refractivity contribution is 5.74. The summed E-state index contributed by atoms with van der Waals surface area (Å²) in [5.74, 6) is 0.243. The van der Waals surface area contributed by atoms with E-state index in [0.29, 0.717) is 32.2 Å². The summed E-state index contributed by atoms with van der Waals surface area (Å²) in [5, 5.41) is 6.11. The fourth-order valence-electron chi connectivity index (χ4n) is 4.91. The van der Waals surface area contributed by atoms with Crippen LogP contribution < -0.4 is 10.6 Å². The molecule has 2 aromatic carbocycles. The van der Waals surface area contributed by atoms with Crippen LogP contribution in [0.5, 0.6) is 0 Å². The highest BCUT2D eigenvalue weighted by atomic mass is 19.1. The Morgan fingerprint density at radius 1 is 1.09 bits per heavy atom. The Hall–Kier alpha value is -2.44. The highest BCUT2D eigenvalue weighted by Crippen LogP contribution is 2.34. The SMILES string of the molecule is O=C(NCC1CCN(CCc2ccccc2)C1)NCC1(c2cccc(F)c2)CCOCC1. The molecule has 4 rings (SSSR count). The van der Waals surface area contributed by atoms with Gasteiger partial charge in [0, 0.05) is 44.8 Å². The van der Waals surface area contributed by atoms with Gasteiger partial charge in [0.2, 0.25) is 0 Å². The normalized spacial score (nSPS) is 20.7. The fourth-order valence-corrected chi connectivity index (χ4v) is 4.91. The molecule has 2 aliphatic rings. The lowest BCUT2D eigenvalue weighted by Gasteiger charge is -2.38. The minimum atomic E-state index is -0.278. The van der Waals surface area contributed by atoms with Crippen molar-refractivity contribution in [2.75, 3.05) is 45.9 Å². The first kappa shape index (κ1) is 22.7. The molecule has 0 spiro atoms. The van der Waals surface area contributed by atoms with E-state index in [-0.39, 0.29) is 17.3 Å². The van der Waals surface area contributed by atoms with Crippen molar-refractivity contribution in [3.05, 3.63) is 71.5 Å².